The molecule has 1 heterocycles. The normalized spacial score (nSPS) is 18.1. The van der Waals surface area contributed by atoms with E-state index in [1.165, 1.54) is 30.0 Å². The number of halogens is 2. The van der Waals surface area contributed by atoms with E-state index in [0.717, 1.165) is 30.6 Å². The van der Waals surface area contributed by atoms with E-state index in [-0.39, 0.29) is 5.75 Å². The minimum absolute atomic E-state index is 0.0316. The highest BCUT2D eigenvalue weighted by Gasteiger charge is 2.22. The van der Waals surface area contributed by atoms with Gasteiger partial charge in [-0.1, -0.05) is 67.9 Å². The lowest BCUT2D eigenvalue weighted by Gasteiger charge is -2.29. The Morgan fingerprint density at radius 3 is 2.15 bits per heavy atom. The molecule has 4 heteroatoms. The van der Waals surface area contributed by atoms with Gasteiger partial charge in [-0.25, -0.2) is 4.39 Å². The van der Waals surface area contributed by atoms with E-state index in [1.807, 2.05) is 0 Å². The third kappa shape index (κ3) is 5.85. The van der Waals surface area contributed by atoms with Crippen LogP contribution in [0.25, 0.3) is 11.1 Å². The predicted molar refractivity (Wildman–Crippen MR) is 133 cm³/mol. The maximum atomic E-state index is 14.3. The molecule has 0 bridgehead atoms. The Kier molecular flexibility index (Phi) is 8.34. The molecule has 0 aliphatic carbocycles. The summed E-state index contributed by atoms with van der Waals surface area (Å²) >= 11 is 0. The summed E-state index contributed by atoms with van der Waals surface area (Å²) in [4.78, 5) is 0. The lowest BCUT2D eigenvalue weighted by atomic mass is 9.89. The molecule has 1 aliphatic rings. The summed E-state index contributed by atoms with van der Waals surface area (Å²) in [6.45, 7) is 5.08. The topological polar surface area (TPSA) is 18.5 Å². The second-order valence-electron chi connectivity index (χ2n) is 9.12. The molecule has 3 aromatic carbocycles. The monoisotopic (exact) mass is 464 g/mol. The third-order valence-electron chi connectivity index (χ3n) is 6.76. The van der Waals surface area contributed by atoms with Crippen LogP contribution in [0.15, 0.2) is 60.7 Å². The highest BCUT2D eigenvalue weighted by atomic mass is 19.2. The molecule has 180 valence electrons. The Bertz CT molecular complexity index is 1050. The van der Waals surface area contributed by atoms with Gasteiger partial charge in [0.05, 0.1) is 19.3 Å². The van der Waals surface area contributed by atoms with Gasteiger partial charge in [-0.3, -0.25) is 0 Å². The van der Waals surface area contributed by atoms with Gasteiger partial charge in [-0.15, -0.1) is 0 Å². The van der Waals surface area contributed by atoms with Crippen molar-refractivity contribution in [1.82, 2.24) is 0 Å². The fourth-order valence-electron chi connectivity index (χ4n) is 4.74. The molecule has 0 aromatic heterocycles. The number of hydrogen-bond donors (Lipinski definition) is 0. The molecule has 2 unspecified atom stereocenters. The largest absolute Gasteiger partial charge is 0.491 e. The van der Waals surface area contributed by atoms with Crippen molar-refractivity contribution in [2.75, 3.05) is 13.2 Å². The predicted octanol–water partition coefficient (Wildman–Crippen LogP) is 7.88. The number of ether oxygens (including phenoxy) is 2. The van der Waals surface area contributed by atoms with Crippen LogP contribution in [0.2, 0.25) is 0 Å². The molecule has 4 rings (SSSR count). The van der Waals surface area contributed by atoms with Crippen LogP contribution in [-0.4, -0.2) is 19.3 Å². The molecule has 2 atom stereocenters. The van der Waals surface area contributed by atoms with Crippen LogP contribution in [0, 0.1) is 11.6 Å². The fourth-order valence-corrected chi connectivity index (χ4v) is 4.74. The first-order valence-corrected chi connectivity index (χ1v) is 12.5. The molecule has 0 saturated carbocycles. The van der Waals surface area contributed by atoms with Gasteiger partial charge in [-0.05, 0) is 72.9 Å². The Labute approximate surface area is 201 Å². The molecule has 2 nitrogen and oxygen atoms in total. The summed E-state index contributed by atoms with van der Waals surface area (Å²) in [5, 5.41) is 0. The van der Waals surface area contributed by atoms with Crippen molar-refractivity contribution >= 4 is 0 Å². The zero-order valence-electron chi connectivity index (χ0n) is 20.2. The van der Waals surface area contributed by atoms with E-state index in [1.54, 1.807) is 13.0 Å². The van der Waals surface area contributed by atoms with Crippen LogP contribution in [0.5, 0.6) is 5.75 Å². The second-order valence-corrected chi connectivity index (χ2v) is 9.12. The van der Waals surface area contributed by atoms with Gasteiger partial charge in [0.15, 0.2) is 11.6 Å². The summed E-state index contributed by atoms with van der Waals surface area (Å²) in [6, 6.07) is 20.2. The van der Waals surface area contributed by atoms with Gasteiger partial charge < -0.3 is 9.47 Å². The minimum atomic E-state index is -0.904. The van der Waals surface area contributed by atoms with Gasteiger partial charge >= 0.3 is 0 Å². The van der Waals surface area contributed by atoms with Crippen molar-refractivity contribution < 1.29 is 18.3 Å². The van der Waals surface area contributed by atoms with Crippen molar-refractivity contribution in [3.63, 3.8) is 0 Å². The van der Waals surface area contributed by atoms with Crippen LogP contribution in [0.3, 0.4) is 0 Å². The van der Waals surface area contributed by atoms with Crippen molar-refractivity contribution in [3.8, 4) is 16.9 Å². The molecule has 1 saturated heterocycles. The van der Waals surface area contributed by atoms with E-state index in [0.29, 0.717) is 37.0 Å². The van der Waals surface area contributed by atoms with Crippen LogP contribution in [-0.2, 0) is 17.6 Å². The summed E-state index contributed by atoms with van der Waals surface area (Å²) in [6.07, 6.45) is 6.19. The van der Waals surface area contributed by atoms with E-state index < -0.39 is 11.6 Å². The van der Waals surface area contributed by atoms with Gasteiger partial charge in [-0.2, -0.15) is 4.39 Å². The Morgan fingerprint density at radius 2 is 1.53 bits per heavy atom. The number of aryl methyl sites for hydroxylation is 2. The Morgan fingerprint density at radius 1 is 0.824 bits per heavy atom. The van der Waals surface area contributed by atoms with Gasteiger partial charge in [0.1, 0.15) is 0 Å². The van der Waals surface area contributed by atoms with E-state index in [2.05, 4.69) is 55.5 Å². The van der Waals surface area contributed by atoms with Crippen molar-refractivity contribution in [3.05, 3.63) is 89.0 Å². The quantitative estimate of drug-likeness (QED) is 0.321. The Balaban J connectivity index is 1.34. The van der Waals surface area contributed by atoms with E-state index >= 15 is 0 Å². The van der Waals surface area contributed by atoms with Crippen LogP contribution in [0.1, 0.15) is 62.1 Å². The zero-order valence-corrected chi connectivity index (χ0v) is 20.2. The summed E-state index contributed by atoms with van der Waals surface area (Å²) in [5.74, 6) is -1.26. The molecular formula is C30H34F2O2. The van der Waals surface area contributed by atoms with Crippen molar-refractivity contribution in [2.45, 2.75) is 64.4 Å². The van der Waals surface area contributed by atoms with Crippen LogP contribution < -0.4 is 4.74 Å². The molecule has 0 N–H and O–H groups in total. The highest BCUT2D eigenvalue weighted by Crippen LogP contribution is 2.31. The fraction of sp³-hybridized carbons (Fsp3) is 0.400. The first kappa shape index (κ1) is 24.4. The third-order valence-corrected chi connectivity index (χ3v) is 6.76. The standard InChI is InChI=1S/C30H34F2O2/c1-3-5-27-18-16-26(20-34-27)24-14-12-23(13-15-24)22-9-6-21(7-10-22)8-11-25-17-19-28(33-4-2)30(32)29(25)31/h6-7,9-10,12-15,17,19,26-27H,3-5,8,11,16,18,20H2,1-2H3. The number of hydrogen-bond acceptors (Lipinski definition) is 2. The summed E-state index contributed by atoms with van der Waals surface area (Å²) in [5.41, 5.74) is 5.13. The van der Waals surface area contributed by atoms with Crippen LogP contribution in [0.4, 0.5) is 8.78 Å². The number of benzene rings is 3. The maximum absolute atomic E-state index is 14.3. The Hall–Kier alpha value is -2.72. The molecule has 0 radical (unpaired) electrons. The minimum Gasteiger partial charge on any atom is -0.491 e. The summed E-state index contributed by atoms with van der Waals surface area (Å²) in [7, 11) is 0. The van der Waals surface area contributed by atoms with E-state index in [9.17, 15) is 8.78 Å². The average Bonchev–Trinajstić information content (AvgIpc) is 2.88. The average molecular weight is 465 g/mol. The second kappa shape index (κ2) is 11.6. The summed E-state index contributed by atoms with van der Waals surface area (Å²) < 4.78 is 39.6. The SMILES string of the molecule is CCCC1CCC(c2ccc(-c3ccc(CCc4ccc(OCC)c(F)c4F)cc3)cc2)CO1. The molecule has 0 spiro atoms. The first-order chi connectivity index (χ1) is 16.6. The molecule has 0 amide bonds. The molecule has 3 aromatic rings. The maximum Gasteiger partial charge on any atom is 0.200 e. The first-order valence-electron chi connectivity index (χ1n) is 12.5. The lowest BCUT2D eigenvalue weighted by Crippen LogP contribution is -2.24. The molecular weight excluding hydrogens is 430 g/mol. The zero-order chi connectivity index (χ0) is 23.9. The highest BCUT2D eigenvalue weighted by molar-refractivity contribution is 5.64. The van der Waals surface area contributed by atoms with E-state index in [4.69, 9.17) is 9.47 Å². The van der Waals surface area contributed by atoms with Gasteiger partial charge in [0, 0.05) is 5.92 Å². The van der Waals surface area contributed by atoms with Crippen molar-refractivity contribution in [1.29, 1.82) is 0 Å². The van der Waals surface area contributed by atoms with Crippen LogP contribution >= 0.6 is 0 Å². The molecule has 1 fully saturated rings. The van der Waals surface area contributed by atoms with Gasteiger partial charge in [0.2, 0.25) is 5.82 Å². The molecule has 34 heavy (non-hydrogen) atoms. The number of rotatable bonds is 9. The molecule has 1 aliphatic heterocycles. The van der Waals surface area contributed by atoms with Crippen molar-refractivity contribution in [2.24, 2.45) is 0 Å². The lowest BCUT2D eigenvalue weighted by molar-refractivity contribution is -0.00111. The smallest absolute Gasteiger partial charge is 0.200 e. The van der Waals surface area contributed by atoms with Gasteiger partial charge in [0.25, 0.3) is 0 Å².